The smallest absolute Gasteiger partial charge is 0 e. The molecule has 0 fully saturated rings. The fraction of sp³-hybridized carbons (Fsp3) is 0. The van der Waals surface area contributed by atoms with E-state index in [-0.39, 0.29) is 72.5 Å². The predicted molar refractivity (Wildman–Crippen MR) is 41.5 cm³/mol. The summed E-state index contributed by atoms with van der Waals surface area (Å²) < 4.78 is 0. The van der Waals surface area contributed by atoms with E-state index in [0.29, 0.717) is 0 Å². The van der Waals surface area contributed by atoms with Gasteiger partial charge in [-0.3, -0.25) is 0 Å². The molecular formula is H8S4V. The van der Waals surface area contributed by atoms with Crippen LogP contribution in [-0.2, 0) is 18.6 Å². The van der Waals surface area contributed by atoms with Crippen molar-refractivity contribution in [2.45, 2.75) is 0 Å². The Kier molecular flexibility index (Phi) is 480. The summed E-state index contributed by atoms with van der Waals surface area (Å²) >= 11 is 0. The minimum absolute atomic E-state index is 0. The zero-order valence-corrected chi connectivity index (χ0v) is 7.84. The summed E-state index contributed by atoms with van der Waals surface area (Å²) in [5.74, 6) is 0. The predicted octanol–water partition coefficient (Wildman–Crippen LogP) is 0.449. The molecule has 0 aliphatic heterocycles. The van der Waals surface area contributed by atoms with Crippen molar-refractivity contribution >= 4 is 54.0 Å². The van der Waals surface area contributed by atoms with Gasteiger partial charge < -0.3 is 0 Å². The van der Waals surface area contributed by atoms with Gasteiger partial charge in [-0.05, 0) is 0 Å². The molecule has 0 N–H and O–H groups in total. The van der Waals surface area contributed by atoms with Crippen LogP contribution >= 0.6 is 54.0 Å². The molecule has 0 aromatic heterocycles. The molecule has 0 amide bonds. The summed E-state index contributed by atoms with van der Waals surface area (Å²) in [7, 11) is 0. The van der Waals surface area contributed by atoms with Gasteiger partial charge in [0.15, 0.2) is 0 Å². The van der Waals surface area contributed by atoms with E-state index in [4.69, 9.17) is 0 Å². The van der Waals surface area contributed by atoms with Crippen molar-refractivity contribution in [3.63, 3.8) is 0 Å². The molecule has 0 saturated heterocycles. The van der Waals surface area contributed by atoms with Gasteiger partial charge in [0.1, 0.15) is 0 Å². The molecule has 1 radical (unpaired) electrons. The molecular weight excluding hydrogens is 179 g/mol. The van der Waals surface area contributed by atoms with Gasteiger partial charge >= 0.3 is 0 Å². The van der Waals surface area contributed by atoms with Crippen LogP contribution in [0.2, 0.25) is 0 Å². The number of rotatable bonds is 0. The first kappa shape index (κ1) is 63.5. The average Bonchev–Trinajstić information content (AvgIpc) is 0. The van der Waals surface area contributed by atoms with E-state index < -0.39 is 0 Å². The minimum Gasteiger partial charge on any atom is -0.197 e. The Morgan fingerprint density at radius 2 is 0.400 bits per heavy atom. The normalized spacial score (nSPS) is 0. The fourth-order valence-corrected chi connectivity index (χ4v) is 0. The monoisotopic (exact) mass is 187 g/mol. The second kappa shape index (κ2) is 37.8. The molecule has 0 aliphatic carbocycles. The van der Waals surface area contributed by atoms with Gasteiger partial charge in [-0.1, -0.05) is 0 Å². The van der Waals surface area contributed by atoms with E-state index >= 15 is 0 Å². The second-order valence-electron chi connectivity index (χ2n) is 0. The Morgan fingerprint density at radius 3 is 0.400 bits per heavy atom. The van der Waals surface area contributed by atoms with Crippen molar-refractivity contribution in [1.29, 1.82) is 0 Å². The molecule has 0 unspecified atom stereocenters. The molecule has 0 spiro atoms. The third kappa shape index (κ3) is 24.1. The number of hydrogen-bond donors (Lipinski definition) is 0. The van der Waals surface area contributed by atoms with Gasteiger partial charge in [0.05, 0.1) is 0 Å². The summed E-state index contributed by atoms with van der Waals surface area (Å²) in [6.45, 7) is 0. The van der Waals surface area contributed by atoms with Crippen LogP contribution in [0.15, 0.2) is 0 Å². The summed E-state index contributed by atoms with van der Waals surface area (Å²) in [5, 5.41) is 0. The zero-order chi connectivity index (χ0) is 0. The molecule has 0 aliphatic rings. The van der Waals surface area contributed by atoms with Crippen LogP contribution in [0.5, 0.6) is 0 Å². The molecule has 5 heavy (non-hydrogen) atoms. The maximum absolute atomic E-state index is 0. The summed E-state index contributed by atoms with van der Waals surface area (Å²) in [5.41, 5.74) is 0. The largest absolute Gasteiger partial charge is 0.197 e. The Bertz CT molecular complexity index is 3.61. The maximum atomic E-state index is 0. The van der Waals surface area contributed by atoms with Crippen molar-refractivity contribution in [3.05, 3.63) is 0 Å². The van der Waals surface area contributed by atoms with E-state index in [1.807, 2.05) is 0 Å². The van der Waals surface area contributed by atoms with Gasteiger partial charge in [0.2, 0.25) is 0 Å². The number of hydrogen-bond acceptors (Lipinski definition) is 0. The molecule has 0 rings (SSSR count). The van der Waals surface area contributed by atoms with Crippen LogP contribution in [-0.4, -0.2) is 0 Å². The van der Waals surface area contributed by atoms with Crippen LogP contribution in [0.3, 0.4) is 0 Å². The Labute approximate surface area is 72.1 Å². The Hall–Kier alpha value is 1.98. The van der Waals surface area contributed by atoms with Gasteiger partial charge in [-0.2, -0.15) is 54.0 Å². The molecule has 0 atom stereocenters. The molecule has 37 valence electrons. The molecule has 0 heterocycles. The van der Waals surface area contributed by atoms with Crippen molar-refractivity contribution in [2.75, 3.05) is 0 Å². The quantitative estimate of drug-likeness (QED) is 0.516. The van der Waals surface area contributed by atoms with E-state index in [0.717, 1.165) is 0 Å². The van der Waals surface area contributed by atoms with Crippen molar-refractivity contribution < 1.29 is 18.6 Å². The molecule has 5 heteroatoms. The molecule has 0 bridgehead atoms. The molecule has 0 nitrogen and oxygen atoms in total. The van der Waals surface area contributed by atoms with E-state index in [2.05, 4.69) is 0 Å². The third-order valence-electron chi connectivity index (χ3n) is 0. The van der Waals surface area contributed by atoms with Gasteiger partial charge in [0.25, 0.3) is 0 Å². The van der Waals surface area contributed by atoms with Crippen LogP contribution in [0.25, 0.3) is 0 Å². The van der Waals surface area contributed by atoms with Crippen molar-refractivity contribution in [1.82, 2.24) is 0 Å². The second-order valence-corrected chi connectivity index (χ2v) is 0. The minimum atomic E-state index is 0. The molecule has 0 saturated carbocycles. The molecule has 0 aromatic carbocycles. The SMILES string of the molecule is S.S.S.S.[V]. The van der Waals surface area contributed by atoms with Gasteiger partial charge in [-0.15, -0.1) is 0 Å². The van der Waals surface area contributed by atoms with Gasteiger partial charge in [-0.25, -0.2) is 0 Å². The first-order valence-electron chi connectivity index (χ1n) is 0. The van der Waals surface area contributed by atoms with Crippen LogP contribution in [0.4, 0.5) is 0 Å². The van der Waals surface area contributed by atoms with Crippen LogP contribution in [0.1, 0.15) is 0 Å². The standard InChI is InChI=1S/4H2S.V/h4*1H2;. The van der Waals surface area contributed by atoms with E-state index in [9.17, 15) is 0 Å². The fourth-order valence-electron chi connectivity index (χ4n) is 0. The first-order chi connectivity index (χ1) is 0. The van der Waals surface area contributed by atoms with Crippen LogP contribution in [0, 0.1) is 0 Å². The summed E-state index contributed by atoms with van der Waals surface area (Å²) in [4.78, 5) is 0. The van der Waals surface area contributed by atoms with E-state index in [1.54, 1.807) is 0 Å². The average molecular weight is 187 g/mol. The Balaban J connectivity index is 0. The summed E-state index contributed by atoms with van der Waals surface area (Å²) in [6.07, 6.45) is 0. The van der Waals surface area contributed by atoms with Crippen LogP contribution < -0.4 is 0 Å². The summed E-state index contributed by atoms with van der Waals surface area (Å²) in [6, 6.07) is 0. The van der Waals surface area contributed by atoms with Gasteiger partial charge in [0, 0.05) is 18.6 Å². The zero-order valence-electron chi connectivity index (χ0n) is 2.45. The Morgan fingerprint density at radius 1 is 0.400 bits per heavy atom. The maximum Gasteiger partial charge on any atom is 0 e. The first-order valence-corrected chi connectivity index (χ1v) is 0. The van der Waals surface area contributed by atoms with Crippen molar-refractivity contribution in [2.24, 2.45) is 0 Å². The van der Waals surface area contributed by atoms with Crippen molar-refractivity contribution in [3.8, 4) is 0 Å². The third-order valence-corrected chi connectivity index (χ3v) is 0. The molecule has 0 aromatic rings. The topological polar surface area (TPSA) is 0 Å². The van der Waals surface area contributed by atoms with E-state index in [1.165, 1.54) is 0 Å².